The lowest BCUT2D eigenvalue weighted by atomic mass is 10.1. The summed E-state index contributed by atoms with van der Waals surface area (Å²) in [4.78, 5) is 26.7. The number of sulfonamides is 1. The van der Waals surface area contributed by atoms with Gasteiger partial charge in [-0.3, -0.25) is 14.3 Å². The molecule has 154 valence electrons. The van der Waals surface area contributed by atoms with Gasteiger partial charge >= 0.3 is 0 Å². The largest absolute Gasteiger partial charge is 0.345 e. The highest BCUT2D eigenvalue weighted by Gasteiger charge is 2.26. The summed E-state index contributed by atoms with van der Waals surface area (Å²) in [7, 11) is -3.40. The molecule has 9 heteroatoms. The van der Waals surface area contributed by atoms with Crippen molar-refractivity contribution in [2.75, 3.05) is 22.4 Å². The van der Waals surface area contributed by atoms with Crippen LogP contribution in [0.3, 0.4) is 0 Å². The number of benzene rings is 2. The number of carbonyl (C=O) groups excluding carboxylic acids is 2. The van der Waals surface area contributed by atoms with E-state index < -0.39 is 10.0 Å². The number of halogens is 1. The molecule has 1 heterocycles. The monoisotopic (exact) mass is 435 g/mol. The van der Waals surface area contributed by atoms with Crippen LogP contribution in [0.2, 0.25) is 5.02 Å². The maximum Gasteiger partial charge on any atom is 0.253 e. The molecule has 0 saturated carbocycles. The van der Waals surface area contributed by atoms with Gasteiger partial charge in [-0.05, 0) is 49.2 Å². The number of rotatable bonds is 6. The van der Waals surface area contributed by atoms with Gasteiger partial charge < -0.3 is 10.2 Å². The van der Waals surface area contributed by atoms with Crippen molar-refractivity contribution in [1.82, 2.24) is 5.32 Å². The molecular formula is C20H22ClN3O4S. The Morgan fingerprint density at radius 1 is 1.21 bits per heavy atom. The number of anilines is 2. The second-order valence-electron chi connectivity index (χ2n) is 7.01. The summed E-state index contributed by atoms with van der Waals surface area (Å²) < 4.78 is 25.3. The lowest BCUT2D eigenvalue weighted by Crippen LogP contribution is -2.31. The van der Waals surface area contributed by atoms with Gasteiger partial charge in [0.25, 0.3) is 5.91 Å². The van der Waals surface area contributed by atoms with Gasteiger partial charge in [0.05, 0.1) is 23.5 Å². The Balaban J connectivity index is 1.82. The lowest BCUT2D eigenvalue weighted by Gasteiger charge is -2.21. The predicted octanol–water partition coefficient (Wildman–Crippen LogP) is 3.33. The molecule has 0 aromatic heterocycles. The first kappa shape index (κ1) is 21.1. The van der Waals surface area contributed by atoms with Crippen LogP contribution in [0.15, 0.2) is 42.5 Å². The van der Waals surface area contributed by atoms with Gasteiger partial charge in [0.1, 0.15) is 0 Å². The van der Waals surface area contributed by atoms with Crippen LogP contribution in [0.1, 0.15) is 41.7 Å². The second-order valence-corrected chi connectivity index (χ2v) is 9.19. The fourth-order valence-electron chi connectivity index (χ4n) is 3.27. The van der Waals surface area contributed by atoms with E-state index in [1.54, 1.807) is 54.3 Å². The van der Waals surface area contributed by atoms with Crippen LogP contribution in [-0.4, -0.2) is 33.0 Å². The van der Waals surface area contributed by atoms with Gasteiger partial charge in [-0.15, -0.1) is 0 Å². The number of hydrogen-bond acceptors (Lipinski definition) is 4. The minimum atomic E-state index is -3.40. The lowest BCUT2D eigenvalue weighted by molar-refractivity contribution is -0.117. The molecule has 1 aliphatic rings. The van der Waals surface area contributed by atoms with Gasteiger partial charge in [-0.25, -0.2) is 8.42 Å². The molecule has 1 atom stereocenters. The van der Waals surface area contributed by atoms with Crippen LogP contribution in [0.25, 0.3) is 0 Å². The Labute approximate surface area is 175 Å². The van der Waals surface area contributed by atoms with Crippen LogP contribution in [-0.2, 0) is 14.8 Å². The van der Waals surface area contributed by atoms with E-state index in [1.165, 1.54) is 0 Å². The smallest absolute Gasteiger partial charge is 0.253 e. The normalized spacial score (nSPS) is 15.3. The molecular weight excluding hydrogens is 414 g/mol. The molecule has 2 amide bonds. The summed E-state index contributed by atoms with van der Waals surface area (Å²) in [5, 5.41) is 3.35. The molecule has 2 N–H and O–H groups in total. The van der Waals surface area contributed by atoms with E-state index in [-0.39, 0.29) is 17.9 Å². The predicted molar refractivity (Wildman–Crippen MR) is 114 cm³/mol. The molecule has 0 aliphatic carbocycles. The highest BCUT2D eigenvalue weighted by molar-refractivity contribution is 7.92. The van der Waals surface area contributed by atoms with Crippen molar-refractivity contribution in [3.8, 4) is 0 Å². The highest BCUT2D eigenvalue weighted by Crippen LogP contribution is 2.29. The van der Waals surface area contributed by atoms with E-state index in [9.17, 15) is 18.0 Å². The maximum absolute atomic E-state index is 12.9. The van der Waals surface area contributed by atoms with E-state index in [0.29, 0.717) is 34.9 Å². The summed E-state index contributed by atoms with van der Waals surface area (Å²) >= 11 is 6.09. The van der Waals surface area contributed by atoms with Gasteiger partial charge in [0.2, 0.25) is 15.9 Å². The molecule has 0 spiro atoms. The number of amides is 2. The van der Waals surface area contributed by atoms with Crippen LogP contribution in [0.4, 0.5) is 11.4 Å². The summed E-state index contributed by atoms with van der Waals surface area (Å²) in [5.74, 6) is -0.376. The van der Waals surface area contributed by atoms with Crippen LogP contribution in [0.5, 0.6) is 0 Å². The fourth-order valence-corrected chi connectivity index (χ4v) is 3.99. The zero-order chi connectivity index (χ0) is 21.2. The number of hydrogen-bond donors (Lipinski definition) is 2. The van der Waals surface area contributed by atoms with Gasteiger partial charge in [0, 0.05) is 23.7 Å². The second kappa shape index (κ2) is 8.42. The highest BCUT2D eigenvalue weighted by atomic mass is 35.5. The van der Waals surface area contributed by atoms with Crippen LogP contribution >= 0.6 is 11.6 Å². The molecule has 1 aliphatic heterocycles. The number of nitrogens with one attached hydrogen (secondary N) is 2. The van der Waals surface area contributed by atoms with Crippen LogP contribution < -0.4 is 14.9 Å². The SMILES string of the molecule is CC(NC(=O)c1ccc(Cl)cc1N1CCCC1=O)c1cccc(NS(C)(=O)=O)c1. The van der Waals surface area contributed by atoms with Crippen molar-refractivity contribution in [2.24, 2.45) is 0 Å². The third-order valence-corrected chi connectivity index (χ3v) is 5.45. The van der Waals surface area contributed by atoms with E-state index in [2.05, 4.69) is 10.0 Å². The first-order valence-corrected chi connectivity index (χ1v) is 11.4. The quantitative estimate of drug-likeness (QED) is 0.727. The molecule has 2 aromatic rings. The average Bonchev–Trinajstić information content (AvgIpc) is 3.06. The third kappa shape index (κ3) is 5.27. The fraction of sp³-hybridized carbons (Fsp3) is 0.300. The maximum atomic E-state index is 12.9. The molecule has 29 heavy (non-hydrogen) atoms. The standard InChI is InChI=1S/C20H22ClN3O4S/c1-13(14-5-3-6-16(11-14)23-29(2,27)28)22-20(26)17-9-8-15(21)12-18(17)24-10-4-7-19(24)25/h3,5-6,8-9,11-13,23H,4,7,10H2,1-2H3,(H,22,26). The minimum absolute atomic E-state index is 0.0334. The van der Waals surface area contributed by atoms with E-state index in [0.717, 1.165) is 18.2 Å². The summed E-state index contributed by atoms with van der Waals surface area (Å²) in [6.07, 6.45) is 2.26. The summed E-state index contributed by atoms with van der Waals surface area (Å²) in [5.41, 5.74) is 2.01. The molecule has 7 nitrogen and oxygen atoms in total. The van der Waals surface area contributed by atoms with E-state index in [4.69, 9.17) is 11.6 Å². The Hall–Kier alpha value is -2.58. The molecule has 0 bridgehead atoms. The van der Waals surface area contributed by atoms with E-state index in [1.807, 2.05) is 0 Å². The topological polar surface area (TPSA) is 95.6 Å². The first-order chi connectivity index (χ1) is 13.6. The van der Waals surface area contributed by atoms with Crippen molar-refractivity contribution in [2.45, 2.75) is 25.8 Å². The molecule has 1 saturated heterocycles. The average molecular weight is 436 g/mol. The molecule has 1 unspecified atom stereocenters. The summed E-state index contributed by atoms with van der Waals surface area (Å²) in [6.45, 7) is 2.35. The Kier molecular flexibility index (Phi) is 6.14. The summed E-state index contributed by atoms with van der Waals surface area (Å²) in [6, 6.07) is 11.3. The van der Waals surface area contributed by atoms with Crippen molar-refractivity contribution in [3.05, 3.63) is 58.6 Å². The molecule has 2 aromatic carbocycles. The van der Waals surface area contributed by atoms with Crippen LogP contribution in [0, 0.1) is 0 Å². The zero-order valence-electron chi connectivity index (χ0n) is 16.1. The van der Waals surface area contributed by atoms with Crippen molar-refractivity contribution < 1.29 is 18.0 Å². The van der Waals surface area contributed by atoms with Crippen molar-refractivity contribution in [1.29, 1.82) is 0 Å². The number of carbonyl (C=O) groups is 2. The number of nitrogens with zero attached hydrogens (tertiary/aromatic N) is 1. The minimum Gasteiger partial charge on any atom is -0.345 e. The van der Waals surface area contributed by atoms with Gasteiger partial charge in [-0.2, -0.15) is 0 Å². The van der Waals surface area contributed by atoms with Gasteiger partial charge in [-0.1, -0.05) is 23.7 Å². The molecule has 0 radical (unpaired) electrons. The molecule has 1 fully saturated rings. The zero-order valence-corrected chi connectivity index (χ0v) is 17.7. The van der Waals surface area contributed by atoms with Crippen molar-refractivity contribution >= 4 is 44.8 Å². The third-order valence-electron chi connectivity index (χ3n) is 4.61. The van der Waals surface area contributed by atoms with E-state index >= 15 is 0 Å². The first-order valence-electron chi connectivity index (χ1n) is 9.12. The van der Waals surface area contributed by atoms with Gasteiger partial charge in [0.15, 0.2) is 0 Å². The Morgan fingerprint density at radius 2 is 1.97 bits per heavy atom. The van der Waals surface area contributed by atoms with Crippen molar-refractivity contribution in [3.63, 3.8) is 0 Å². The molecule has 3 rings (SSSR count). The Morgan fingerprint density at radius 3 is 2.62 bits per heavy atom. The Bertz CT molecular complexity index is 1060.